The molecule has 19 heavy (non-hydrogen) atoms. The van der Waals surface area contributed by atoms with Crippen LogP contribution in [-0.2, 0) is 4.74 Å². The molecule has 0 atom stereocenters. The Hall–Kier alpha value is -1.60. The first-order valence-electron chi connectivity index (χ1n) is 6.05. The Labute approximate surface area is 112 Å². The average Bonchev–Trinajstić information content (AvgIpc) is 2.26. The van der Waals surface area contributed by atoms with Crippen molar-refractivity contribution in [3.05, 3.63) is 18.0 Å². The molecule has 7 heteroatoms. The van der Waals surface area contributed by atoms with Crippen LogP contribution in [0.25, 0.3) is 0 Å². The molecule has 0 bridgehead atoms. The molecular formula is C12H18BNO5. The average molecular weight is 267 g/mol. The van der Waals surface area contributed by atoms with Gasteiger partial charge in [0.15, 0.2) is 11.4 Å². The molecule has 2 N–H and O–H groups in total. The van der Waals surface area contributed by atoms with Crippen LogP contribution in [-0.4, -0.2) is 40.3 Å². The molecule has 0 aliphatic rings. The summed E-state index contributed by atoms with van der Waals surface area (Å²) in [6.07, 6.45) is 0.747. The molecule has 0 spiro atoms. The van der Waals surface area contributed by atoms with Gasteiger partial charge in [0.1, 0.15) is 0 Å². The summed E-state index contributed by atoms with van der Waals surface area (Å²) in [4.78, 5) is 15.7. The van der Waals surface area contributed by atoms with E-state index in [9.17, 15) is 4.79 Å². The number of carbonyl (C=O) groups is 1. The zero-order valence-corrected chi connectivity index (χ0v) is 11.5. The molecular weight excluding hydrogens is 249 g/mol. The molecule has 1 rings (SSSR count). The van der Waals surface area contributed by atoms with Gasteiger partial charge in [-0.25, -0.2) is 9.78 Å². The third kappa shape index (κ3) is 4.53. The third-order valence-corrected chi connectivity index (χ3v) is 2.07. The quantitative estimate of drug-likeness (QED) is 0.581. The van der Waals surface area contributed by atoms with Crippen LogP contribution in [0.15, 0.2) is 12.3 Å². The fourth-order valence-electron chi connectivity index (χ4n) is 1.37. The molecule has 6 nitrogen and oxygen atoms in total. The minimum Gasteiger partial charge on any atom is -0.488 e. The topological polar surface area (TPSA) is 88.9 Å². The highest BCUT2D eigenvalue weighted by Gasteiger charge is 2.21. The molecule has 1 heterocycles. The summed E-state index contributed by atoms with van der Waals surface area (Å²) < 4.78 is 10.5. The SMILES string of the molecule is CC(C)OC(=O)c1ncc(B(O)O)cc1OC(C)C. The van der Waals surface area contributed by atoms with E-state index in [0.717, 1.165) is 0 Å². The maximum absolute atomic E-state index is 11.8. The monoisotopic (exact) mass is 267 g/mol. The van der Waals surface area contributed by atoms with Crippen molar-refractivity contribution < 1.29 is 24.3 Å². The van der Waals surface area contributed by atoms with E-state index in [0.29, 0.717) is 0 Å². The van der Waals surface area contributed by atoms with E-state index < -0.39 is 13.1 Å². The van der Waals surface area contributed by atoms with Gasteiger partial charge in [-0.15, -0.1) is 0 Å². The summed E-state index contributed by atoms with van der Waals surface area (Å²) in [5.74, 6) is -0.434. The zero-order valence-electron chi connectivity index (χ0n) is 11.5. The van der Waals surface area contributed by atoms with Gasteiger partial charge in [-0.2, -0.15) is 0 Å². The van der Waals surface area contributed by atoms with Crippen LogP contribution in [0.4, 0.5) is 0 Å². The van der Waals surface area contributed by atoms with Crippen molar-refractivity contribution in [1.82, 2.24) is 4.98 Å². The number of hydrogen-bond acceptors (Lipinski definition) is 6. The second-order valence-electron chi connectivity index (χ2n) is 4.61. The molecule has 0 unspecified atom stereocenters. The number of aromatic nitrogens is 1. The smallest absolute Gasteiger partial charge is 0.488 e. The molecule has 0 saturated heterocycles. The van der Waals surface area contributed by atoms with Gasteiger partial charge < -0.3 is 19.5 Å². The van der Waals surface area contributed by atoms with E-state index in [1.54, 1.807) is 27.7 Å². The summed E-state index contributed by atoms with van der Waals surface area (Å²) in [6, 6.07) is 1.37. The predicted octanol–water partition coefficient (Wildman–Crippen LogP) is 0.114. The molecule has 0 aliphatic heterocycles. The van der Waals surface area contributed by atoms with Crippen LogP contribution in [0.5, 0.6) is 5.75 Å². The van der Waals surface area contributed by atoms with Crippen molar-refractivity contribution in [3.8, 4) is 5.75 Å². The summed E-state index contributed by atoms with van der Waals surface area (Å²) in [5.41, 5.74) is 0.170. The summed E-state index contributed by atoms with van der Waals surface area (Å²) in [7, 11) is -1.67. The Kier molecular flexibility index (Phi) is 5.32. The minimum atomic E-state index is -1.67. The summed E-state index contributed by atoms with van der Waals surface area (Å²) >= 11 is 0. The first kappa shape index (κ1) is 15.5. The lowest BCUT2D eigenvalue weighted by atomic mass is 9.81. The zero-order chi connectivity index (χ0) is 14.6. The lowest BCUT2D eigenvalue weighted by molar-refractivity contribution is 0.0364. The number of ether oxygens (including phenoxy) is 2. The number of hydrogen-bond donors (Lipinski definition) is 2. The summed E-state index contributed by atoms with van der Waals surface area (Å²) in [6.45, 7) is 7.04. The second kappa shape index (κ2) is 6.54. The molecule has 1 aromatic heterocycles. The fourth-order valence-corrected chi connectivity index (χ4v) is 1.37. The van der Waals surface area contributed by atoms with Crippen molar-refractivity contribution in [2.45, 2.75) is 39.9 Å². The Bertz CT molecular complexity index is 448. The number of rotatable bonds is 5. The molecule has 104 valence electrons. The van der Waals surface area contributed by atoms with Crippen LogP contribution in [0, 0.1) is 0 Å². The first-order chi connectivity index (χ1) is 8.81. The van der Waals surface area contributed by atoms with Gasteiger partial charge in [0.05, 0.1) is 12.2 Å². The Balaban J connectivity index is 3.11. The van der Waals surface area contributed by atoms with E-state index in [1.165, 1.54) is 12.3 Å². The Morgan fingerprint density at radius 1 is 1.26 bits per heavy atom. The van der Waals surface area contributed by atoms with Crippen LogP contribution < -0.4 is 10.2 Å². The van der Waals surface area contributed by atoms with Crippen molar-refractivity contribution in [2.75, 3.05) is 0 Å². The van der Waals surface area contributed by atoms with Gasteiger partial charge in [0, 0.05) is 11.7 Å². The predicted molar refractivity (Wildman–Crippen MR) is 70.4 cm³/mol. The molecule has 0 radical (unpaired) electrons. The van der Waals surface area contributed by atoms with Crippen LogP contribution >= 0.6 is 0 Å². The normalized spacial score (nSPS) is 10.7. The Morgan fingerprint density at radius 3 is 2.37 bits per heavy atom. The van der Waals surface area contributed by atoms with Gasteiger partial charge >= 0.3 is 13.1 Å². The maximum Gasteiger partial charge on any atom is 0.490 e. The second-order valence-corrected chi connectivity index (χ2v) is 4.61. The van der Waals surface area contributed by atoms with Crippen LogP contribution in [0.3, 0.4) is 0 Å². The molecule has 0 aromatic carbocycles. The van der Waals surface area contributed by atoms with Crippen LogP contribution in [0.1, 0.15) is 38.2 Å². The fraction of sp³-hybridized carbons (Fsp3) is 0.500. The highest BCUT2D eigenvalue weighted by atomic mass is 16.5. The minimum absolute atomic E-state index is 0.0202. The van der Waals surface area contributed by atoms with Gasteiger partial charge in [-0.3, -0.25) is 0 Å². The molecule has 0 aliphatic carbocycles. The third-order valence-electron chi connectivity index (χ3n) is 2.07. The van der Waals surface area contributed by atoms with Crippen molar-refractivity contribution in [2.24, 2.45) is 0 Å². The highest BCUT2D eigenvalue weighted by molar-refractivity contribution is 6.58. The molecule has 0 fully saturated rings. The molecule has 0 amide bonds. The van der Waals surface area contributed by atoms with Gasteiger partial charge in [0.2, 0.25) is 0 Å². The number of esters is 1. The number of nitrogens with zero attached hydrogens (tertiary/aromatic N) is 1. The van der Waals surface area contributed by atoms with Gasteiger partial charge in [-0.05, 0) is 33.8 Å². The van der Waals surface area contributed by atoms with Gasteiger partial charge in [0.25, 0.3) is 0 Å². The van der Waals surface area contributed by atoms with Crippen molar-refractivity contribution >= 4 is 18.6 Å². The van der Waals surface area contributed by atoms with E-state index in [-0.39, 0.29) is 29.1 Å². The van der Waals surface area contributed by atoms with E-state index in [2.05, 4.69) is 4.98 Å². The lowest BCUT2D eigenvalue weighted by Gasteiger charge is -2.15. The Morgan fingerprint density at radius 2 is 1.89 bits per heavy atom. The number of carbonyl (C=O) groups excluding carboxylic acids is 1. The molecule has 0 saturated carbocycles. The van der Waals surface area contributed by atoms with E-state index >= 15 is 0 Å². The van der Waals surface area contributed by atoms with Crippen molar-refractivity contribution in [3.63, 3.8) is 0 Å². The lowest BCUT2D eigenvalue weighted by Crippen LogP contribution is -2.31. The van der Waals surface area contributed by atoms with Crippen molar-refractivity contribution in [1.29, 1.82) is 0 Å². The van der Waals surface area contributed by atoms with Gasteiger partial charge in [-0.1, -0.05) is 0 Å². The first-order valence-corrected chi connectivity index (χ1v) is 6.05. The molecule has 1 aromatic rings. The summed E-state index contributed by atoms with van der Waals surface area (Å²) in [5, 5.41) is 18.2. The maximum atomic E-state index is 11.8. The highest BCUT2D eigenvalue weighted by Crippen LogP contribution is 2.18. The number of pyridine rings is 1. The van der Waals surface area contributed by atoms with Crippen LogP contribution in [0.2, 0.25) is 0 Å². The largest absolute Gasteiger partial charge is 0.490 e. The standard InChI is InChI=1S/C12H18BNO5/c1-7(2)18-10-5-9(13(16)17)6-14-11(10)12(15)19-8(3)4/h5-8,16-17H,1-4H3. The van der Waals surface area contributed by atoms with E-state index in [4.69, 9.17) is 19.5 Å². The van der Waals surface area contributed by atoms with E-state index in [1.807, 2.05) is 0 Å².